The third-order valence-corrected chi connectivity index (χ3v) is 2.88. The number of aromatic nitrogens is 1. The van der Waals surface area contributed by atoms with E-state index in [-0.39, 0.29) is 5.78 Å². The van der Waals surface area contributed by atoms with E-state index in [2.05, 4.69) is 24.0 Å². The van der Waals surface area contributed by atoms with Crippen LogP contribution in [0.5, 0.6) is 0 Å². The van der Waals surface area contributed by atoms with Crippen molar-refractivity contribution in [2.45, 2.75) is 13.8 Å². The van der Waals surface area contributed by atoms with Gasteiger partial charge < -0.3 is 4.90 Å². The molecule has 0 radical (unpaired) electrons. The molecule has 0 amide bonds. The summed E-state index contributed by atoms with van der Waals surface area (Å²) in [7, 11) is 1.95. The number of hydrogen-bond acceptors (Lipinski definition) is 3. The van der Waals surface area contributed by atoms with E-state index in [4.69, 9.17) is 0 Å². The molecule has 1 aromatic heterocycles. The zero-order valence-corrected chi connectivity index (χ0v) is 10.8. The Hall–Kier alpha value is -2.16. The second-order valence-corrected chi connectivity index (χ2v) is 4.36. The lowest BCUT2D eigenvalue weighted by Crippen LogP contribution is -2.12. The fourth-order valence-electron chi connectivity index (χ4n) is 1.79. The second kappa shape index (κ2) is 5.00. The Labute approximate surface area is 107 Å². The van der Waals surface area contributed by atoms with Gasteiger partial charge in [-0.05, 0) is 43.7 Å². The average molecular weight is 240 g/mol. The quantitative estimate of drug-likeness (QED) is 0.771. The van der Waals surface area contributed by atoms with Gasteiger partial charge in [-0.15, -0.1) is 0 Å². The van der Waals surface area contributed by atoms with E-state index in [1.165, 1.54) is 5.56 Å². The Balaban J connectivity index is 2.36. The molecule has 0 aliphatic rings. The first-order valence-electron chi connectivity index (χ1n) is 5.85. The van der Waals surface area contributed by atoms with Gasteiger partial charge in [0.15, 0.2) is 5.78 Å². The van der Waals surface area contributed by atoms with Crippen LogP contribution >= 0.6 is 0 Å². The van der Waals surface area contributed by atoms with Gasteiger partial charge in [-0.2, -0.15) is 0 Å². The van der Waals surface area contributed by atoms with E-state index >= 15 is 0 Å². The highest BCUT2D eigenvalue weighted by molar-refractivity contribution is 5.94. The van der Waals surface area contributed by atoms with Gasteiger partial charge in [0.05, 0.1) is 0 Å². The summed E-state index contributed by atoms with van der Waals surface area (Å²) in [6.07, 6.45) is 1.67. The van der Waals surface area contributed by atoms with Gasteiger partial charge in [0.2, 0.25) is 0 Å². The van der Waals surface area contributed by atoms with Gasteiger partial charge in [0, 0.05) is 24.5 Å². The van der Waals surface area contributed by atoms with Crippen LogP contribution in [-0.4, -0.2) is 17.8 Å². The Kier molecular flexibility index (Phi) is 3.42. The lowest BCUT2D eigenvalue weighted by molar-refractivity contribution is 0.101. The van der Waals surface area contributed by atoms with Crippen LogP contribution in [0.2, 0.25) is 0 Å². The predicted octanol–water partition coefficient (Wildman–Crippen LogP) is 3.36. The monoisotopic (exact) mass is 240 g/mol. The lowest BCUT2D eigenvalue weighted by atomic mass is 10.2. The Morgan fingerprint density at radius 1 is 1.22 bits per heavy atom. The van der Waals surface area contributed by atoms with Crippen molar-refractivity contribution in [1.29, 1.82) is 0 Å². The van der Waals surface area contributed by atoms with Crippen LogP contribution in [0.4, 0.5) is 11.5 Å². The van der Waals surface area contributed by atoms with Crippen molar-refractivity contribution in [2.24, 2.45) is 0 Å². The molecule has 3 nitrogen and oxygen atoms in total. The molecule has 0 N–H and O–H groups in total. The molecule has 0 fully saturated rings. The normalized spacial score (nSPS) is 10.2. The van der Waals surface area contributed by atoms with Crippen molar-refractivity contribution in [3.05, 3.63) is 53.7 Å². The number of ketones is 1. The molecule has 2 rings (SSSR count). The summed E-state index contributed by atoms with van der Waals surface area (Å²) in [5.41, 5.74) is 2.93. The van der Waals surface area contributed by atoms with Crippen molar-refractivity contribution in [3.63, 3.8) is 0 Å². The Morgan fingerprint density at radius 2 is 2.00 bits per heavy atom. The van der Waals surface area contributed by atoms with E-state index < -0.39 is 0 Å². The van der Waals surface area contributed by atoms with Gasteiger partial charge >= 0.3 is 0 Å². The second-order valence-electron chi connectivity index (χ2n) is 4.36. The first-order valence-corrected chi connectivity index (χ1v) is 5.85. The van der Waals surface area contributed by atoms with E-state index in [1.54, 1.807) is 19.2 Å². The number of aryl methyl sites for hydroxylation is 1. The summed E-state index contributed by atoms with van der Waals surface area (Å²) in [6, 6.07) is 11.7. The number of Topliss-reactive ketones (excluding diaryl/α,β-unsaturated/α-hetero) is 1. The van der Waals surface area contributed by atoms with Crippen molar-refractivity contribution in [2.75, 3.05) is 11.9 Å². The number of carbonyl (C=O) groups excluding carboxylic acids is 1. The molecule has 1 heterocycles. The van der Waals surface area contributed by atoms with Crippen LogP contribution in [0.25, 0.3) is 0 Å². The van der Waals surface area contributed by atoms with Crippen LogP contribution in [0.1, 0.15) is 22.8 Å². The summed E-state index contributed by atoms with van der Waals surface area (Å²) in [5, 5.41) is 0. The number of pyridine rings is 1. The first-order chi connectivity index (χ1) is 8.58. The van der Waals surface area contributed by atoms with Gasteiger partial charge in [0.1, 0.15) is 5.82 Å². The zero-order chi connectivity index (χ0) is 13.1. The number of hydrogen-bond donors (Lipinski definition) is 0. The molecular formula is C15H16N2O. The van der Waals surface area contributed by atoms with Crippen LogP contribution in [0, 0.1) is 6.92 Å². The van der Waals surface area contributed by atoms with Crippen molar-refractivity contribution < 1.29 is 4.79 Å². The highest BCUT2D eigenvalue weighted by Crippen LogP contribution is 2.22. The van der Waals surface area contributed by atoms with Crippen LogP contribution in [-0.2, 0) is 0 Å². The highest BCUT2D eigenvalue weighted by atomic mass is 16.1. The maximum absolute atomic E-state index is 11.4. The lowest BCUT2D eigenvalue weighted by Gasteiger charge is -2.19. The highest BCUT2D eigenvalue weighted by Gasteiger charge is 2.07. The van der Waals surface area contributed by atoms with E-state index in [0.717, 1.165) is 11.5 Å². The van der Waals surface area contributed by atoms with Crippen molar-refractivity contribution >= 4 is 17.3 Å². The fourth-order valence-corrected chi connectivity index (χ4v) is 1.79. The zero-order valence-electron chi connectivity index (χ0n) is 10.8. The SMILES string of the molecule is CC(=O)c1ccnc(N(C)c2cccc(C)c2)c1. The minimum Gasteiger partial charge on any atom is -0.329 e. The maximum atomic E-state index is 11.4. The molecule has 1 aromatic carbocycles. The summed E-state index contributed by atoms with van der Waals surface area (Å²) in [6.45, 7) is 3.61. The number of rotatable bonds is 3. The van der Waals surface area contributed by atoms with Gasteiger partial charge in [-0.25, -0.2) is 4.98 Å². The molecule has 18 heavy (non-hydrogen) atoms. The first kappa shape index (κ1) is 12.3. The van der Waals surface area contributed by atoms with Crippen LogP contribution in [0.3, 0.4) is 0 Å². The molecule has 0 aliphatic carbocycles. The molecule has 0 spiro atoms. The fraction of sp³-hybridized carbons (Fsp3) is 0.200. The summed E-state index contributed by atoms with van der Waals surface area (Å²) in [5.74, 6) is 0.824. The van der Waals surface area contributed by atoms with Gasteiger partial charge in [-0.3, -0.25) is 4.79 Å². The summed E-state index contributed by atoms with van der Waals surface area (Å²) >= 11 is 0. The molecule has 0 bridgehead atoms. The molecule has 0 atom stereocenters. The van der Waals surface area contributed by atoms with E-state index in [1.807, 2.05) is 30.1 Å². The maximum Gasteiger partial charge on any atom is 0.159 e. The molecule has 3 heteroatoms. The number of carbonyl (C=O) groups is 1. The standard InChI is InChI=1S/C15H16N2O/c1-11-5-4-6-14(9-11)17(3)15-10-13(12(2)18)7-8-16-15/h4-10H,1-3H3. The summed E-state index contributed by atoms with van der Waals surface area (Å²) < 4.78 is 0. The molecule has 2 aromatic rings. The third kappa shape index (κ3) is 2.56. The minimum absolute atomic E-state index is 0.0521. The molecule has 92 valence electrons. The topological polar surface area (TPSA) is 33.2 Å². The largest absolute Gasteiger partial charge is 0.329 e. The van der Waals surface area contributed by atoms with Crippen LogP contribution < -0.4 is 4.90 Å². The summed E-state index contributed by atoms with van der Waals surface area (Å²) in [4.78, 5) is 17.6. The Morgan fingerprint density at radius 3 is 2.67 bits per heavy atom. The number of nitrogens with zero attached hydrogens (tertiary/aromatic N) is 2. The Bertz CT molecular complexity index is 578. The molecule has 0 unspecified atom stereocenters. The molecule has 0 saturated carbocycles. The number of anilines is 2. The minimum atomic E-state index is 0.0521. The van der Waals surface area contributed by atoms with Crippen LogP contribution in [0.15, 0.2) is 42.6 Å². The average Bonchev–Trinajstić information content (AvgIpc) is 2.38. The molecule has 0 saturated heterocycles. The van der Waals surface area contributed by atoms with Gasteiger partial charge in [0.25, 0.3) is 0 Å². The number of benzene rings is 1. The van der Waals surface area contributed by atoms with Gasteiger partial charge in [-0.1, -0.05) is 12.1 Å². The molecular weight excluding hydrogens is 224 g/mol. The molecule has 0 aliphatic heterocycles. The van der Waals surface area contributed by atoms with Crippen molar-refractivity contribution in [3.8, 4) is 0 Å². The van der Waals surface area contributed by atoms with E-state index in [9.17, 15) is 4.79 Å². The smallest absolute Gasteiger partial charge is 0.159 e. The predicted molar refractivity (Wildman–Crippen MR) is 73.5 cm³/mol. The van der Waals surface area contributed by atoms with Crippen molar-refractivity contribution in [1.82, 2.24) is 4.98 Å². The third-order valence-electron chi connectivity index (χ3n) is 2.88. The van der Waals surface area contributed by atoms with E-state index in [0.29, 0.717) is 5.56 Å².